The highest BCUT2D eigenvalue weighted by atomic mass is 35.5. The molecule has 0 spiro atoms. The first-order chi connectivity index (χ1) is 8.97. The van der Waals surface area contributed by atoms with E-state index in [4.69, 9.17) is 46.4 Å². The number of halogens is 4. The summed E-state index contributed by atoms with van der Waals surface area (Å²) in [5, 5.41) is 3.60. The van der Waals surface area contributed by atoms with Gasteiger partial charge in [-0.3, -0.25) is 4.79 Å². The number of hydrogen-bond acceptors (Lipinski definition) is 3. The molecule has 1 aromatic carbocycles. The number of carbonyl (C=O) groups excluding carboxylic acids is 1. The third-order valence-electron chi connectivity index (χ3n) is 2.11. The molecule has 0 atom stereocenters. The molecule has 8 heteroatoms. The molecule has 4 nitrogen and oxygen atoms in total. The van der Waals surface area contributed by atoms with Crippen LogP contribution < -0.4 is 5.32 Å². The van der Waals surface area contributed by atoms with Crippen LogP contribution in [-0.2, 0) is 0 Å². The average Bonchev–Trinajstić information content (AvgIpc) is 2.36. The van der Waals surface area contributed by atoms with Gasteiger partial charge >= 0.3 is 0 Å². The minimum Gasteiger partial charge on any atom is -0.319 e. The third kappa shape index (κ3) is 3.48. The van der Waals surface area contributed by atoms with Crippen LogP contribution in [0.1, 0.15) is 10.5 Å². The van der Waals surface area contributed by atoms with Crippen LogP contribution in [0.3, 0.4) is 0 Å². The normalized spacial score (nSPS) is 10.3. The van der Waals surface area contributed by atoms with Crippen molar-refractivity contribution in [1.29, 1.82) is 0 Å². The largest absolute Gasteiger partial charge is 0.319 e. The monoisotopic (exact) mass is 335 g/mol. The summed E-state index contributed by atoms with van der Waals surface area (Å²) >= 11 is 23.2. The summed E-state index contributed by atoms with van der Waals surface area (Å²) in [5.74, 6) is -0.482. The number of aromatic nitrogens is 2. The Labute approximate surface area is 128 Å². The summed E-state index contributed by atoms with van der Waals surface area (Å²) in [4.78, 5) is 19.5. The Kier molecular flexibility index (Phi) is 4.47. The first kappa shape index (κ1) is 14.3. The van der Waals surface area contributed by atoms with Gasteiger partial charge in [0, 0.05) is 0 Å². The molecule has 0 saturated carbocycles. The summed E-state index contributed by atoms with van der Waals surface area (Å²) in [6.45, 7) is 0. The van der Waals surface area contributed by atoms with Gasteiger partial charge in [-0.25, -0.2) is 9.97 Å². The molecule has 0 saturated heterocycles. The zero-order valence-corrected chi connectivity index (χ0v) is 12.1. The van der Waals surface area contributed by atoms with Crippen molar-refractivity contribution >= 4 is 58.0 Å². The van der Waals surface area contributed by atoms with E-state index in [2.05, 4.69) is 15.3 Å². The standard InChI is InChI=1S/C11H5Cl4N3O/c12-5-1-7(14)8(2-6(5)13)18-11(19)9-3-17-10(15)4-16-9/h1-4H,(H,18,19). The van der Waals surface area contributed by atoms with E-state index in [9.17, 15) is 4.79 Å². The highest BCUT2D eigenvalue weighted by Crippen LogP contribution is 2.32. The molecule has 0 aliphatic rings. The molecule has 1 aromatic heterocycles. The second-order valence-electron chi connectivity index (χ2n) is 3.42. The van der Waals surface area contributed by atoms with Gasteiger partial charge in [-0.15, -0.1) is 0 Å². The van der Waals surface area contributed by atoms with Crippen molar-refractivity contribution in [3.05, 3.63) is 50.4 Å². The molecule has 0 radical (unpaired) electrons. The lowest BCUT2D eigenvalue weighted by molar-refractivity contribution is 0.102. The molecule has 0 aliphatic heterocycles. The van der Waals surface area contributed by atoms with Crippen LogP contribution in [0.2, 0.25) is 20.2 Å². The number of nitrogens with one attached hydrogen (secondary N) is 1. The summed E-state index contributed by atoms with van der Waals surface area (Å²) in [6.07, 6.45) is 2.52. The van der Waals surface area contributed by atoms with Crippen LogP contribution >= 0.6 is 46.4 Å². The Morgan fingerprint density at radius 1 is 0.947 bits per heavy atom. The maximum absolute atomic E-state index is 11.9. The van der Waals surface area contributed by atoms with E-state index in [1.807, 2.05) is 0 Å². The Morgan fingerprint density at radius 2 is 1.63 bits per heavy atom. The predicted molar refractivity (Wildman–Crippen MR) is 76.5 cm³/mol. The van der Waals surface area contributed by atoms with E-state index in [0.717, 1.165) is 0 Å². The number of rotatable bonds is 2. The molecule has 98 valence electrons. The third-order valence-corrected chi connectivity index (χ3v) is 3.34. The maximum atomic E-state index is 11.9. The molecule has 1 amide bonds. The molecule has 19 heavy (non-hydrogen) atoms. The van der Waals surface area contributed by atoms with Gasteiger partial charge in [0.05, 0.1) is 33.1 Å². The highest BCUT2D eigenvalue weighted by Gasteiger charge is 2.12. The van der Waals surface area contributed by atoms with E-state index in [-0.39, 0.29) is 20.9 Å². The van der Waals surface area contributed by atoms with Crippen LogP contribution in [0.4, 0.5) is 5.69 Å². The number of anilines is 1. The van der Waals surface area contributed by atoms with Gasteiger partial charge in [0.1, 0.15) is 10.8 Å². The van der Waals surface area contributed by atoms with Crippen molar-refractivity contribution in [3.63, 3.8) is 0 Å². The van der Waals surface area contributed by atoms with Crippen LogP contribution in [0, 0.1) is 0 Å². The molecule has 1 N–H and O–H groups in total. The molecule has 0 unspecified atom stereocenters. The fraction of sp³-hybridized carbons (Fsp3) is 0. The molecule has 2 aromatic rings. The Hall–Kier alpha value is -1.07. The van der Waals surface area contributed by atoms with E-state index in [1.54, 1.807) is 0 Å². The first-order valence-corrected chi connectivity index (χ1v) is 6.42. The Morgan fingerprint density at radius 3 is 2.26 bits per heavy atom. The summed E-state index contributed by atoms with van der Waals surface area (Å²) in [6, 6.07) is 2.89. The van der Waals surface area contributed by atoms with Gasteiger partial charge in [-0.05, 0) is 12.1 Å². The second kappa shape index (κ2) is 5.92. The van der Waals surface area contributed by atoms with Crippen LogP contribution in [0.5, 0.6) is 0 Å². The van der Waals surface area contributed by atoms with Crippen LogP contribution in [0.25, 0.3) is 0 Å². The fourth-order valence-electron chi connectivity index (χ4n) is 1.23. The summed E-state index contributed by atoms with van der Waals surface area (Å²) < 4.78 is 0. The fourth-order valence-corrected chi connectivity index (χ4v) is 1.93. The van der Waals surface area contributed by atoms with E-state index < -0.39 is 5.91 Å². The molecule has 0 aliphatic carbocycles. The van der Waals surface area contributed by atoms with Gasteiger partial charge < -0.3 is 5.32 Å². The lowest BCUT2D eigenvalue weighted by Gasteiger charge is -2.08. The van der Waals surface area contributed by atoms with Crippen molar-refractivity contribution < 1.29 is 4.79 Å². The Bertz CT molecular complexity index is 631. The van der Waals surface area contributed by atoms with Gasteiger partial charge in [0.2, 0.25) is 0 Å². The van der Waals surface area contributed by atoms with Gasteiger partial charge in [-0.1, -0.05) is 46.4 Å². The quantitative estimate of drug-likeness (QED) is 0.830. The molecule has 0 fully saturated rings. The lowest BCUT2D eigenvalue weighted by atomic mass is 10.3. The SMILES string of the molecule is O=C(Nc1cc(Cl)c(Cl)cc1Cl)c1cnc(Cl)cn1. The smallest absolute Gasteiger partial charge is 0.275 e. The van der Waals surface area contributed by atoms with E-state index in [1.165, 1.54) is 24.5 Å². The van der Waals surface area contributed by atoms with Crippen molar-refractivity contribution in [3.8, 4) is 0 Å². The van der Waals surface area contributed by atoms with Crippen LogP contribution in [-0.4, -0.2) is 15.9 Å². The number of benzene rings is 1. The minimum absolute atomic E-state index is 0.103. The zero-order valence-electron chi connectivity index (χ0n) is 9.12. The molecule has 0 bridgehead atoms. The summed E-state index contributed by atoms with van der Waals surface area (Å²) in [7, 11) is 0. The Balaban J connectivity index is 2.24. The molecule has 2 rings (SSSR count). The van der Waals surface area contributed by atoms with Crippen LogP contribution in [0.15, 0.2) is 24.5 Å². The molecular formula is C11H5Cl4N3O. The number of hydrogen-bond donors (Lipinski definition) is 1. The topological polar surface area (TPSA) is 54.9 Å². The van der Waals surface area contributed by atoms with Crippen molar-refractivity contribution in [2.45, 2.75) is 0 Å². The lowest BCUT2D eigenvalue weighted by Crippen LogP contribution is -2.14. The van der Waals surface area contributed by atoms with E-state index in [0.29, 0.717) is 10.7 Å². The number of carbonyl (C=O) groups is 1. The average molecular weight is 337 g/mol. The van der Waals surface area contributed by atoms with Crippen molar-refractivity contribution in [2.75, 3.05) is 5.32 Å². The van der Waals surface area contributed by atoms with Crippen molar-refractivity contribution in [1.82, 2.24) is 9.97 Å². The zero-order chi connectivity index (χ0) is 14.0. The van der Waals surface area contributed by atoms with E-state index >= 15 is 0 Å². The minimum atomic E-state index is -0.482. The van der Waals surface area contributed by atoms with Crippen molar-refractivity contribution in [2.24, 2.45) is 0 Å². The number of nitrogens with zero attached hydrogens (tertiary/aromatic N) is 2. The van der Waals surface area contributed by atoms with Gasteiger partial charge in [0.15, 0.2) is 0 Å². The molecular weight excluding hydrogens is 332 g/mol. The maximum Gasteiger partial charge on any atom is 0.275 e. The van der Waals surface area contributed by atoms with Gasteiger partial charge in [0.25, 0.3) is 5.91 Å². The number of amides is 1. The van der Waals surface area contributed by atoms with Gasteiger partial charge in [-0.2, -0.15) is 0 Å². The second-order valence-corrected chi connectivity index (χ2v) is 5.03. The first-order valence-electron chi connectivity index (χ1n) is 4.91. The summed E-state index contributed by atoms with van der Waals surface area (Å²) in [5.41, 5.74) is 0.435. The molecule has 1 heterocycles. The predicted octanol–water partition coefficient (Wildman–Crippen LogP) is 4.34. The highest BCUT2D eigenvalue weighted by molar-refractivity contribution is 6.44.